The zero-order valence-corrected chi connectivity index (χ0v) is 10.9. The van der Waals surface area contributed by atoms with E-state index in [0.717, 1.165) is 22.9 Å². The third-order valence-electron chi connectivity index (χ3n) is 2.85. The first-order chi connectivity index (χ1) is 8.20. The van der Waals surface area contributed by atoms with E-state index in [0.29, 0.717) is 11.8 Å². The number of aromatic nitrogens is 1. The predicted octanol–water partition coefficient (Wildman–Crippen LogP) is 4.20. The maximum Gasteiger partial charge on any atom is 0.135 e. The molecule has 1 aromatic carbocycles. The van der Waals surface area contributed by atoms with E-state index in [9.17, 15) is 0 Å². The van der Waals surface area contributed by atoms with Crippen LogP contribution in [-0.2, 0) is 11.3 Å². The van der Waals surface area contributed by atoms with Crippen LogP contribution in [0.4, 0.5) is 0 Å². The molecule has 0 radical (unpaired) electrons. The number of hydrogen-bond donors (Lipinski definition) is 0. The van der Waals surface area contributed by atoms with E-state index in [1.54, 1.807) is 0 Å². The van der Waals surface area contributed by atoms with Crippen molar-refractivity contribution in [1.29, 1.82) is 0 Å². The third kappa shape index (κ3) is 2.96. The molecule has 0 aliphatic carbocycles. The largest absolute Gasteiger partial charge is 0.374 e. The summed E-state index contributed by atoms with van der Waals surface area (Å²) in [5.41, 5.74) is 1.87. The number of nitrogens with zero attached hydrogens (tertiary/aromatic N) is 1. The average molecular weight is 250 g/mol. The van der Waals surface area contributed by atoms with Crippen molar-refractivity contribution in [3.05, 3.63) is 41.0 Å². The van der Waals surface area contributed by atoms with Crippen LogP contribution in [0.1, 0.15) is 25.8 Å². The SMILES string of the molecule is CCC(C)OCc1cc2ccccc2nc1Cl. The molecular formula is C14H16ClNO. The second-order valence-electron chi connectivity index (χ2n) is 4.16. The van der Waals surface area contributed by atoms with Gasteiger partial charge in [-0.1, -0.05) is 36.7 Å². The number of rotatable bonds is 4. The highest BCUT2D eigenvalue weighted by atomic mass is 35.5. The van der Waals surface area contributed by atoms with Crippen molar-refractivity contribution in [3.63, 3.8) is 0 Å². The lowest BCUT2D eigenvalue weighted by Gasteiger charge is -2.11. The molecule has 90 valence electrons. The van der Waals surface area contributed by atoms with Crippen molar-refractivity contribution in [1.82, 2.24) is 4.98 Å². The standard InChI is InChI=1S/C14H16ClNO/c1-3-10(2)17-9-12-8-11-6-4-5-7-13(11)16-14(12)15/h4-8,10H,3,9H2,1-2H3. The molecule has 0 aliphatic heterocycles. The Labute approximate surface area is 107 Å². The van der Waals surface area contributed by atoms with Crippen LogP contribution in [0, 0.1) is 0 Å². The van der Waals surface area contributed by atoms with E-state index >= 15 is 0 Å². The van der Waals surface area contributed by atoms with E-state index in [4.69, 9.17) is 16.3 Å². The molecule has 1 heterocycles. The molecule has 0 saturated carbocycles. The number of ether oxygens (including phenoxy) is 1. The van der Waals surface area contributed by atoms with Crippen molar-refractivity contribution in [2.24, 2.45) is 0 Å². The quantitative estimate of drug-likeness (QED) is 0.758. The van der Waals surface area contributed by atoms with E-state index in [-0.39, 0.29) is 6.10 Å². The summed E-state index contributed by atoms with van der Waals surface area (Å²) in [6, 6.07) is 10.00. The summed E-state index contributed by atoms with van der Waals surface area (Å²) >= 11 is 6.14. The highest BCUT2D eigenvalue weighted by Crippen LogP contribution is 2.21. The van der Waals surface area contributed by atoms with Crippen LogP contribution in [0.15, 0.2) is 30.3 Å². The molecule has 0 bridgehead atoms. The molecule has 0 N–H and O–H groups in total. The van der Waals surface area contributed by atoms with Gasteiger partial charge >= 0.3 is 0 Å². The number of pyridine rings is 1. The Morgan fingerprint density at radius 1 is 1.35 bits per heavy atom. The van der Waals surface area contributed by atoms with Crippen LogP contribution < -0.4 is 0 Å². The van der Waals surface area contributed by atoms with Gasteiger partial charge in [-0.25, -0.2) is 4.98 Å². The number of fused-ring (bicyclic) bond motifs is 1. The molecule has 1 aromatic heterocycles. The fraction of sp³-hybridized carbons (Fsp3) is 0.357. The Bertz CT molecular complexity index is 513. The van der Waals surface area contributed by atoms with Gasteiger partial charge in [-0.15, -0.1) is 0 Å². The fourth-order valence-electron chi connectivity index (χ4n) is 1.59. The van der Waals surface area contributed by atoms with Crippen LogP contribution in [0.3, 0.4) is 0 Å². The van der Waals surface area contributed by atoms with E-state index in [2.05, 4.69) is 18.8 Å². The number of para-hydroxylation sites is 1. The monoisotopic (exact) mass is 249 g/mol. The van der Waals surface area contributed by atoms with Gasteiger partial charge in [-0.3, -0.25) is 0 Å². The summed E-state index contributed by atoms with van der Waals surface area (Å²) < 4.78 is 5.68. The van der Waals surface area contributed by atoms with Crippen LogP contribution in [0.2, 0.25) is 5.15 Å². The van der Waals surface area contributed by atoms with Gasteiger partial charge in [0.1, 0.15) is 5.15 Å². The summed E-state index contributed by atoms with van der Waals surface area (Å²) in [5, 5.41) is 1.63. The Kier molecular flexibility index (Phi) is 3.97. The van der Waals surface area contributed by atoms with Crippen molar-refractivity contribution in [3.8, 4) is 0 Å². The smallest absolute Gasteiger partial charge is 0.135 e. The normalized spacial score (nSPS) is 12.9. The summed E-state index contributed by atoms with van der Waals surface area (Å²) in [4.78, 5) is 4.36. The lowest BCUT2D eigenvalue weighted by atomic mass is 10.2. The molecule has 2 aromatic rings. The Morgan fingerprint density at radius 2 is 2.12 bits per heavy atom. The van der Waals surface area contributed by atoms with Crippen LogP contribution in [0.25, 0.3) is 10.9 Å². The maximum atomic E-state index is 6.14. The van der Waals surface area contributed by atoms with Gasteiger partial charge in [0.25, 0.3) is 0 Å². The fourth-order valence-corrected chi connectivity index (χ4v) is 1.79. The molecule has 0 fully saturated rings. The summed E-state index contributed by atoms with van der Waals surface area (Å²) in [7, 11) is 0. The molecule has 0 spiro atoms. The van der Waals surface area contributed by atoms with Gasteiger partial charge in [-0.2, -0.15) is 0 Å². The van der Waals surface area contributed by atoms with Crippen molar-refractivity contribution >= 4 is 22.5 Å². The molecule has 0 amide bonds. The third-order valence-corrected chi connectivity index (χ3v) is 3.18. The molecule has 2 rings (SSSR count). The zero-order valence-electron chi connectivity index (χ0n) is 10.1. The Morgan fingerprint density at radius 3 is 2.88 bits per heavy atom. The van der Waals surface area contributed by atoms with E-state index < -0.39 is 0 Å². The predicted molar refractivity (Wildman–Crippen MR) is 71.3 cm³/mol. The number of benzene rings is 1. The van der Waals surface area contributed by atoms with Crippen molar-refractivity contribution in [2.75, 3.05) is 0 Å². The lowest BCUT2D eigenvalue weighted by molar-refractivity contribution is 0.0508. The van der Waals surface area contributed by atoms with Crippen LogP contribution >= 0.6 is 11.6 Å². The first-order valence-corrected chi connectivity index (χ1v) is 6.24. The first-order valence-electron chi connectivity index (χ1n) is 5.86. The Hall–Kier alpha value is -1.12. The second kappa shape index (κ2) is 5.48. The summed E-state index contributed by atoms with van der Waals surface area (Å²) in [6.07, 6.45) is 1.25. The lowest BCUT2D eigenvalue weighted by Crippen LogP contribution is -2.06. The summed E-state index contributed by atoms with van der Waals surface area (Å²) in [5.74, 6) is 0. The Balaban J connectivity index is 2.25. The van der Waals surface area contributed by atoms with Gasteiger partial charge < -0.3 is 4.74 Å². The van der Waals surface area contributed by atoms with Gasteiger partial charge in [-0.05, 0) is 25.5 Å². The van der Waals surface area contributed by atoms with E-state index in [1.165, 1.54) is 0 Å². The molecule has 0 saturated heterocycles. The van der Waals surface area contributed by atoms with Crippen molar-refractivity contribution in [2.45, 2.75) is 33.0 Å². The zero-order chi connectivity index (χ0) is 12.3. The molecule has 1 unspecified atom stereocenters. The topological polar surface area (TPSA) is 22.1 Å². The highest BCUT2D eigenvalue weighted by Gasteiger charge is 2.06. The van der Waals surface area contributed by atoms with E-state index in [1.807, 2.05) is 30.3 Å². The van der Waals surface area contributed by atoms with Gasteiger partial charge in [0, 0.05) is 10.9 Å². The molecule has 2 nitrogen and oxygen atoms in total. The molecular weight excluding hydrogens is 234 g/mol. The van der Waals surface area contributed by atoms with Crippen LogP contribution in [-0.4, -0.2) is 11.1 Å². The second-order valence-corrected chi connectivity index (χ2v) is 4.52. The number of hydrogen-bond acceptors (Lipinski definition) is 2. The minimum Gasteiger partial charge on any atom is -0.374 e. The molecule has 1 atom stereocenters. The van der Waals surface area contributed by atoms with Gasteiger partial charge in [0.2, 0.25) is 0 Å². The van der Waals surface area contributed by atoms with Gasteiger partial charge in [0.15, 0.2) is 0 Å². The number of halogens is 1. The highest BCUT2D eigenvalue weighted by molar-refractivity contribution is 6.30. The average Bonchev–Trinajstić information content (AvgIpc) is 2.35. The minimum absolute atomic E-state index is 0.248. The molecule has 3 heteroatoms. The first kappa shape index (κ1) is 12.3. The van der Waals surface area contributed by atoms with Crippen LogP contribution in [0.5, 0.6) is 0 Å². The summed E-state index contributed by atoms with van der Waals surface area (Å²) in [6.45, 7) is 4.68. The molecule has 0 aliphatic rings. The van der Waals surface area contributed by atoms with Gasteiger partial charge in [0.05, 0.1) is 18.2 Å². The van der Waals surface area contributed by atoms with Crippen molar-refractivity contribution < 1.29 is 4.74 Å². The molecule has 17 heavy (non-hydrogen) atoms. The minimum atomic E-state index is 0.248. The maximum absolute atomic E-state index is 6.14.